The summed E-state index contributed by atoms with van der Waals surface area (Å²) >= 11 is 0. The molecule has 7 heteroatoms. The lowest BCUT2D eigenvalue weighted by molar-refractivity contribution is 0.164. The van der Waals surface area contributed by atoms with Crippen molar-refractivity contribution in [2.75, 3.05) is 6.54 Å². The van der Waals surface area contributed by atoms with Crippen molar-refractivity contribution in [3.05, 3.63) is 47.1 Å². The molecule has 1 atom stereocenters. The molecule has 0 spiro atoms. The molecule has 102 valence electrons. The maximum absolute atomic E-state index is 13.4. The van der Waals surface area contributed by atoms with Crippen molar-refractivity contribution >= 4 is 0 Å². The second-order valence-corrected chi connectivity index (χ2v) is 4.01. The first-order valence-corrected chi connectivity index (χ1v) is 5.70. The fourth-order valence-corrected chi connectivity index (χ4v) is 1.66. The van der Waals surface area contributed by atoms with E-state index in [0.29, 0.717) is 11.7 Å². The number of benzene rings is 1. The lowest BCUT2D eigenvalue weighted by Crippen LogP contribution is -2.23. The summed E-state index contributed by atoms with van der Waals surface area (Å²) in [5, 5.41) is 16.2. The minimum atomic E-state index is -1.28. The largest absolute Gasteiger partial charge is 0.387 e. The molecule has 19 heavy (non-hydrogen) atoms. The van der Waals surface area contributed by atoms with Gasteiger partial charge in [0, 0.05) is 13.5 Å². The van der Waals surface area contributed by atoms with Gasteiger partial charge in [-0.05, 0) is 12.1 Å². The monoisotopic (exact) mass is 269 g/mol. The zero-order valence-electron chi connectivity index (χ0n) is 10.2. The normalized spacial score (nSPS) is 12.6. The van der Waals surface area contributed by atoms with Crippen LogP contribution in [0.4, 0.5) is 8.78 Å². The number of nitrogens with one attached hydrogen (secondary N) is 1. The van der Waals surface area contributed by atoms with Gasteiger partial charge in [-0.3, -0.25) is 0 Å². The van der Waals surface area contributed by atoms with Crippen molar-refractivity contribution in [3.8, 4) is 0 Å². The van der Waals surface area contributed by atoms with E-state index in [2.05, 4.69) is 15.5 Å². The number of nitrogens with zero attached hydrogens (tertiary/aromatic N) is 2. The molecule has 1 heterocycles. The number of hydrogen-bond acceptors (Lipinski definition) is 5. The van der Waals surface area contributed by atoms with Gasteiger partial charge >= 0.3 is 0 Å². The summed E-state index contributed by atoms with van der Waals surface area (Å²) in [4.78, 5) is 3.95. The fourth-order valence-electron chi connectivity index (χ4n) is 1.66. The molecule has 0 aliphatic rings. The van der Waals surface area contributed by atoms with Crippen molar-refractivity contribution in [2.24, 2.45) is 0 Å². The molecule has 2 N–H and O–H groups in total. The third-order valence-electron chi connectivity index (χ3n) is 2.52. The summed E-state index contributed by atoms with van der Waals surface area (Å²) in [6.07, 6.45) is -1.28. The van der Waals surface area contributed by atoms with Gasteiger partial charge in [0.05, 0.1) is 18.2 Å². The standard InChI is InChI=1S/C12H13F2N3O2/c1-7-16-11(17-19-7)6-15-5-10(18)12-8(13)3-2-4-9(12)14/h2-4,10,15,18H,5-6H2,1H3. The molecule has 2 rings (SSSR count). The highest BCUT2D eigenvalue weighted by Crippen LogP contribution is 2.19. The number of hydrogen-bond donors (Lipinski definition) is 2. The fraction of sp³-hybridized carbons (Fsp3) is 0.333. The van der Waals surface area contributed by atoms with E-state index < -0.39 is 17.7 Å². The first kappa shape index (κ1) is 13.6. The summed E-state index contributed by atoms with van der Waals surface area (Å²) < 4.78 is 31.5. The van der Waals surface area contributed by atoms with E-state index >= 15 is 0 Å². The van der Waals surface area contributed by atoms with Gasteiger partial charge in [0.25, 0.3) is 0 Å². The third kappa shape index (κ3) is 3.33. The molecule has 0 aliphatic carbocycles. The van der Waals surface area contributed by atoms with E-state index in [1.165, 1.54) is 6.07 Å². The molecule has 0 bridgehead atoms. The third-order valence-corrected chi connectivity index (χ3v) is 2.52. The molecule has 0 amide bonds. The van der Waals surface area contributed by atoms with Crippen LogP contribution in [0.25, 0.3) is 0 Å². The van der Waals surface area contributed by atoms with Crippen molar-refractivity contribution in [1.82, 2.24) is 15.5 Å². The van der Waals surface area contributed by atoms with Crippen LogP contribution in [0.2, 0.25) is 0 Å². The Morgan fingerprint density at radius 3 is 2.63 bits per heavy atom. The molecule has 2 aromatic rings. The van der Waals surface area contributed by atoms with Crippen LogP contribution in [0.15, 0.2) is 22.7 Å². The summed E-state index contributed by atoms with van der Waals surface area (Å²) in [6, 6.07) is 3.45. The Kier molecular flexibility index (Phi) is 4.18. The van der Waals surface area contributed by atoms with E-state index in [1.54, 1.807) is 6.92 Å². The van der Waals surface area contributed by atoms with Crippen LogP contribution in [0.5, 0.6) is 0 Å². The molecule has 0 fully saturated rings. The Balaban J connectivity index is 1.92. The van der Waals surface area contributed by atoms with Crippen LogP contribution >= 0.6 is 0 Å². The number of aromatic nitrogens is 2. The highest BCUT2D eigenvalue weighted by atomic mass is 19.1. The number of rotatable bonds is 5. The van der Waals surface area contributed by atoms with Crippen molar-refractivity contribution in [1.29, 1.82) is 0 Å². The van der Waals surface area contributed by atoms with E-state index in [0.717, 1.165) is 12.1 Å². The van der Waals surface area contributed by atoms with Crippen LogP contribution in [0, 0.1) is 18.6 Å². The average Bonchev–Trinajstić information content (AvgIpc) is 2.75. The minimum absolute atomic E-state index is 0.0224. The van der Waals surface area contributed by atoms with Gasteiger partial charge in [-0.25, -0.2) is 8.78 Å². The van der Waals surface area contributed by atoms with Crippen LogP contribution in [0.3, 0.4) is 0 Å². The lowest BCUT2D eigenvalue weighted by atomic mass is 10.1. The number of aryl methyl sites for hydroxylation is 1. The van der Waals surface area contributed by atoms with E-state index in [9.17, 15) is 13.9 Å². The Bertz CT molecular complexity index is 539. The average molecular weight is 269 g/mol. The van der Waals surface area contributed by atoms with E-state index in [4.69, 9.17) is 4.52 Å². The Morgan fingerprint density at radius 1 is 1.37 bits per heavy atom. The lowest BCUT2D eigenvalue weighted by Gasteiger charge is -2.13. The number of aliphatic hydroxyl groups is 1. The second-order valence-electron chi connectivity index (χ2n) is 4.01. The van der Waals surface area contributed by atoms with Crippen LogP contribution in [0.1, 0.15) is 23.4 Å². The highest BCUT2D eigenvalue weighted by Gasteiger charge is 2.17. The predicted octanol–water partition coefficient (Wildman–Crippen LogP) is 1.48. The van der Waals surface area contributed by atoms with Gasteiger partial charge in [0.2, 0.25) is 5.89 Å². The molecule has 0 aliphatic heterocycles. The van der Waals surface area contributed by atoms with Crippen molar-refractivity contribution in [2.45, 2.75) is 19.6 Å². The summed E-state index contributed by atoms with van der Waals surface area (Å²) in [5.41, 5.74) is -0.348. The molecule has 0 radical (unpaired) electrons. The van der Waals surface area contributed by atoms with Crippen molar-refractivity contribution < 1.29 is 18.4 Å². The Morgan fingerprint density at radius 2 is 2.05 bits per heavy atom. The van der Waals surface area contributed by atoms with Gasteiger partial charge in [0.15, 0.2) is 5.82 Å². The molecule has 1 aromatic heterocycles. The first-order chi connectivity index (χ1) is 9.08. The maximum atomic E-state index is 13.4. The summed E-state index contributed by atoms with van der Waals surface area (Å²) in [7, 11) is 0. The molecular formula is C12H13F2N3O2. The minimum Gasteiger partial charge on any atom is -0.387 e. The molecule has 1 unspecified atom stereocenters. The topological polar surface area (TPSA) is 71.2 Å². The maximum Gasteiger partial charge on any atom is 0.223 e. The van der Waals surface area contributed by atoms with Crippen LogP contribution < -0.4 is 5.32 Å². The quantitative estimate of drug-likeness (QED) is 0.860. The molecule has 1 aromatic carbocycles. The van der Waals surface area contributed by atoms with Gasteiger partial charge in [0.1, 0.15) is 11.6 Å². The first-order valence-electron chi connectivity index (χ1n) is 5.70. The molecule has 0 saturated carbocycles. The molecule has 5 nitrogen and oxygen atoms in total. The second kappa shape index (κ2) is 5.85. The highest BCUT2D eigenvalue weighted by molar-refractivity contribution is 5.22. The van der Waals surface area contributed by atoms with E-state index in [1.807, 2.05) is 0 Å². The van der Waals surface area contributed by atoms with Crippen LogP contribution in [-0.2, 0) is 6.54 Å². The zero-order chi connectivity index (χ0) is 13.8. The summed E-state index contributed by atoms with van der Waals surface area (Å²) in [6.45, 7) is 1.87. The zero-order valence-corrected chi connectivity index (χ0v) is 10.2. The predicted molar refractivity (Wildman–Crippen MR) is 62.1 cm³/mol. The van der Waals surface area contributed by atoms with Gasteiger partial charge in [-0.1, -0.05) is 11.2 Å². The smallest absolute Gasteiger partial charge is 0.223 e. The Labute approximate surface area is 108 Å². The Hall–Kier alpha value is -1.86. The SMILES string of the molecule is Cc1nc(CNCC(O)c2c(F)cccc2F)no1. The molecular weight excluding hydrogens is 256 g/mol. The van der Waals surface area contributed by atoms with Crippen molar-refractivity contribution in [3.63, 3.8) is 0 Å². The van der Waals surface area contributed by atoms with Gasteiger partial charge in [-0.2, -0.15) is 4.98 Å². The van der Waals surface area contributed by atoms with Crippen LogP contribution in [-0.4, -0.2) is 21.8 Å². The van der Waals surface area contributed by atoms with Gasteiger partial charge < -0.3 is 14.9 Å². The number of aliphatic hydroxyl groups excluding tert-OH is 1. The number of halogens is 2. The van der Waals surface area contributed by atoms with Gasteiger partial charge in [-0.15, -0.1) is 0 Å². The van der Waals surface area contributed by atoms with E-state index in [-0.39, 0.29) is 18.7 Å². The summed E-state index contributed by atoms with van der Waals surface area (Å²) in [5.74, 6) is -0.703. The molecule has 0 saturated heterocycles.